The molecule has 1 unspecified atom stereocenters. The average Bonchev–Trinajstić information content (AvgIpc) is 3.24. The maximum atomic E-state index is 12.8. The molecular formula is C21H26N4O3. The Bertz CT molecular complexity index is 869. The molecule has 7 nitrogen and oxygen atoms in total. The monoisotopic (exact) mass is 382 g/mol. The van der Waals surface area contributed by atoms with E-state index < -0.39 is 6.04 Å². The first kappa shape index (κ1) is 17.8. The van der Waals surface area contributed by atoms with Crippen LogP contribution in [0.4, 0.5) is 0 Å². The lowest BCUT2D eigenvalue weighted by Gasteiger charge is -2.29. The number of amides is 3. The summed E-state index contributed by atoms with van der Waals surface area (Å²) in [6.45, 7) is 8.12. The zero-order valence-corrected chi connectivity index (χ0v) is 16.2. The van der Waals surface area contributed by atoms with Gasteiger partial charge in [0, 0.05) is 44.7 Å². The summed E-state index contributed by atoms with van der Waals surface area (Å²) in [6.07, 6.45) is 0.685. The van der Waals surface area contributed by atoms with Gasteiger partial charge in [-0.25, -0.2) is 0 Å². The fraction of sp³-hybridized carbons (Fsp3) is 0.571. The molecule has 4 aliphatic heterocycles. The van der Waals surface area contributed by atoms with Crippen molar-refractivity contribution in [1.82, 2.24) is 20.4 Å². The Hall–Kier alpha value is -2.25. The predicted molar refractivity (Wildman–Crippen MR) is 102 cm³/mol. The summed E-state index contributed by atoms with van der Waals surface area (Å²) in [7, 11) is 0. The van der Waals surface area contributed by atoms with E-state index in [4.69, 9.17) is 0 Å². The van der Waals surface area contributed by atoms with Crippen molar-refractivity contribution < 1.29 is 14.4 Å². The minimum atomic E-state index is -0.550. The van der Waals surface area contributed by atoms with Crippen LogP contribution in [0.5, 0.6) is 0 Å². The quantitative estimate of drug-likeness (QED) is 0.744. The molecule has 0 spiro atoms. The number of fused-ring (bicyclic) bond motifs is 2. The molecule has 3 atom stereocenters. The molecule has 0 aliphatic carbocycles. The highest BCUT2D eigenvalue weighted by Crippen LogP contribution is 2.39. The Balaban J connectivity index is 1.30. The van der Waals surface area contributed by atoms with Crippen molar-refractivity contribution in [1.29, 1.82) is 0 Å². The van der Waals surface area contributed by atoms with Gasteiger partial charge in [0.1, 0.15) is 6.04 Å². The van der Waals surface area contributed by atoms with Crippen LogP contribution in [0.15, 0.2) is 18.2 Å². The molecule has 0 saturated carbocycles. The normalized spacial score (nSPS) is 32.6. The highest BCUT2D eigenvalue weighted by molar-refractivity contribution is 6.05. The molecule has 7 heteroatoms. The first-order chi connectivity index (χ1) is 13.4. The van der Waals surface area contributed by atoms with E-state index in [-0.39, 0.29) is 24.1 Å². The second-order valence-corrected chi connectivity index (χ2v) is 9.04. The van der Waals surface area contributed by atoms with Gasteiger partial charge in [0.2, 0.25) is 11.8 Å². The summed E-state index contributed by atoms with van der Waals surface area (Å²) in [6, 6.07) is 5.51. The molecule has 0 radical (unpaired) electrons. The van der Waals surface area contributed by atoms with E-state index in [1.807, 2.05) is 12.1 Å². The summed E-state index contributed by atoms with van der Waals surface area (Å²) in [5, 5.41) is 5.86. The van der Waals surface area contributed by atoms with Gasteiger partial charge < -0.3 is 10.2 Å². The van der Waals surface area contributed by atoms with Crippen LogP contribution in [0.25, 0.3) is 0 Å². The Morgan fingerprint density at radius 1 is 1.25 bits per heavy atom. The van der Waals surface area contributed by atoms with Crippen molar-refractivity contribution in [3.8, 4) is 0 Å². The first-order valence-electron chi connectivity index (χ1n) is 10.1. The van der Waals surface area contributed by atoms with Gasteiger partial charge in [-0.15, -0.1) is 0 Å². The summed E-state index contributed by atoms with van der Waals surface area (Å²) in [4.78, 5) is 40.5. The van der Waals surface area contributed by atoms with E-state index in [0.29, 0.717) is 29.9 Å². The molecular weight excluding hydrogens is 356 g/mol. The fourth-order valence-corrected chi connectivity index (χ4v) is 5.38. The highest BCUT2D eigenvalue weighted by Gasteiger charge is 2.46. The Morgan fingerprint density at radius 3 is 2.89 bits per heavy atom. The lowest BCUT2D eigenvalue weighted by molar-refractivity contribution is -0.136. The first-order valence-corrected chi connectivity index (χ1v) is 10.1. The number of hydrogen-bond acceptors (Lipinski definition) is 5. The molecule has 1 aromatic rings. The lowest BCUT2D eigenvalue weighted by Crippen LogP contribution is -2.52. The van der Waals surface area contributed by atoms with E-state index in [9.17, 15) is 14.4 Å². The molecule has 3 saturated heterocycles. The van der Waals surface area contributed by atoms with Crippen molar-refractivity contribution in [2.24, 2.45) is 11.3 Å². The van der Waals surface area contributed by atoms with Crippen LogP contribution in [0, 0.1) is 11.3 Å². The van der Waals surface area contributed by atoms with Gasteiger partial charge in [-0.3, -0.25) is 24.6 Å². The zero-order valence-electron chi connectivity index (χ0n) is 16.2. The largest absolute Gasteiger partial charge is 0.322 e. The topological polar surface area (TPSA) is 81.8 Å². The minimum absolute atomic E-state index is 0.106. The van der Waals surface area contributed by atoms with Crippen molar-refractivity contribution in [2.75, 3.05) is 26.2 Å². The van der Waals surface area contributed by atoms with E-state index in [1.54, 1.807) is 4.90 Å². The molecule has 1 aromatic carbocycles. The SMILES string of the molecule is C[C@@]12CNC[C@@H]1CN(Cc1ccc3c(c1)CN(C1CCC(=O)NC1=O)C3=O)C2. The van der Waals surface area contributed by atoms with Gasteiger partial charge in [0.15, 0.2) is 0 Å². The lowest BCUT2D eigenvalue weighted by atomic mass is 9.83. The number of piperidine rings is 1. The molecule has 4 heterocycles. The van der Waals surface area contributed by atoms with Gasteiger partial charge in [0.05, 0.1) is 0 Å². The summed E-state index contributed by atoms with van der Waals surface area (Å²) < 4.78 is 0. The standard InChI is InChI=1S/C21H26N4O3/c1-21-11-22-7-15(21)10-24(12-21)8-13-2-3-16-14(6-13)9-25(20(16)28)17-4-5-18(26)23-19(17)27/h2-3,6,15,17,22H,4-5,7-12H2,1H3,(H,23,26,27)/t15-,17?,21+/m1/s1. The molecule has 28 heavy (non-hydrogen) atoms. The number of likely N-dealkylation sites (tertiary alicyclic amines) is 1. The zero-order chi connectivity index (χ0) is 19.5. The summed E-state index contributed by atoms with van der Waals surface area (Å²) in [5.74, 6) is -0.00748. The molecule has 4 aliphatic rings. The van der Waals surface area contributed by atoms with Gasteiger partial charge >= 0.3 is 0 Å². The van der Waals surface area contributed by atoms with Crippen LogP contribution in [0.2, 0.25) is 0 Å². The van der Waals surface area contributed by atoms with Gasteiger partial charge in [-0.05, 0) is 41.5 Å². The van der Waals surface area contributed by atoms with Crippen LogP contribution < -0.4 is 10.6 Å². The van der Waals surface area contributed by atoms with E-state index in [0.717, 1.165) is 38.3 Å². The van der Waals surface area contributed by atoms with Crippen molar-refractivity contribution in [3.63, 3.8) is 0 Å². The van der Waals surface area contributed by atoms with E-state index >= 15 is 0 Å². The van der Waals surface area contributed by atoms with Crippen LogP contribution in [0.3, 0.4) is 0 Å². The Morgan fingerprint density at radius 2 is 2.11 bits per heavy atom. The molecule has 5 rings (SSSR count). The third-order valence-corrected chi connectivity index (χ3v) is 6.96. The average molecular weight is 382 g/mol. The number of carbonyl (C=O) groups excluding carboxylic acids is 3. The number of nitrogens with zero attached hydrogens (tertiary/aromatic N) is 2. The highest BCUT2D eigenvalue weighted by atomic mass is 16.2. The maximum absolute atomic E-state index is 12.8. The summed E-state index contributed by atoms with van der Waals surface area (Å²) in [5.41, 5.74) is 3.26. The molecule has 3 fully saturated rings. The number of nitrogens with one attached hydrogen (secondary N) is 2. The Labute approximate surface area is 164 Å². The van der Waals surface area contributed by atoms with E-state index in [1.165, 1.54) is 5.56 Å². The van der Waals surface area contributed by atoms with Crippen molar-refractivity contribution in [3.05, 3.63) is 34.9 Å². The van der Waals surface area contributed by atoms with E-state index in [2.05, 4.69) is 28.5 Å². The van der Waals surface area contributed by atoms with Crippen molar-refractivity contribution >= 4 is 17.7 Å². The molecule has 3 amide bonds. The van der Waals surface area contributed by atoms with Crippen LogP contribution in [0.1, 0.15) is 41.3 Å². The van der Waals surface area contributed by atoms with Crippen molar-refractivity contribution in [2.45, 2.75) is 38.9 Å². The molecule has 0 bridgehead atoms. The third-order valence-electron chi connectivity index (χ3n) is 6.96. The predicted octanol–water partition coefficient (Wildman–Crippen LogP) is 0.489. The second kappa shape index (κ2) is 6.39. The number of hydrogen-bond donors (Lipinski definition) is 2. The minimum Gasteiger partial charge on any atom is -0.322 e. The molecule has 148 valence electrons. The molecule has 2 N–H and O–H groups in total. The smallest absolute Gasteiger partial charge is 0.255 e. The summed E-state index contributed by atoms with van der Waals surface area (Å²) >= 11 is 0. The fourth-order valence-electron chi connectivity index (χ4n) is 5.38. The number of carbonyl (C=O) groups is 3. The van der Waals surface area contributed by atoms with Gasteiger partial charge in [0.25, 0.3) is 5.91 Å². The third kappa shape index (κ3) is 2.84. The van der Waals surface area contributed by atoms with Crippen LogP contribution in [-0.2, 0) is 22.7 Å². The van der Waals surface area contributed by atoms with Crippen LogP contribution >= 0.6 is 0 Å². The number of benzene rings is 1. The van der Waals surface area contributed by atoms with Gasteiger partial charge in [-0.2, -0.15) is 0 Å². The van der Waals surface area contributed by atoms with Gasteiger partial charge in [-0.1, -0.05) is 19.1 Å². The number of rotatable bonds is 3. The maximum Gasteiger partial charge on any atom is 0.255 e. The number of imide groups is 1. The second-order valence-electron chi connectivity index (χ2n) is 9.04. The Kier molecular flexibility index (Phi) is 4.07. The molecule has 0 aromatic heterocycles. The van der Waals surface area contributed by atoms with Crippen LogP contribution in [-0.4, -0.2) is 59.7 Å².